The number of unbranched alkanes of at least 4 members (excludes halogenated alkanes) is 31. The van der Waals surface area contributed by atoms with Crippen molar-refractivity contribution in [3.63, 3.8) is 0 Å². The Morgan fingerprint density at radius 3 is 0.880 bits per heavy atom. The fourth-order valence-electron chi connectivity index (χ4n) is 10.2. The summed E-state index contributed by atoms with van der Waals surface area (Å²) in [4.78, 5) is 72.9. The van der Waals surface area contributed by atoms with Crippen LogP contribution in [-0.4, -0.2) is 96.7 Å². The van der Waals surface area contributed by atoms with Gasteiger partial charge in [0.2, 0.25) is 0 Å². The summed E-state index contributed by atoms with van der Waals surface area (Å²) in [7, 11) is -9.98. The SMILES string of the molecule is CCCCC/C=C\C/C=C\C/C=C\C/C=C\CCCC(=O)OC[C@H](COP(=O)(O)OC[C@H](O)COP(=O)(O)OC[C@@H](COC(=O)CCCCCCC/C=C\C=C/CCCCCC)OC(=O)CCCCCCC/C=C\CCCCCC)OC(=O)CCCCCCC/C=C\C=C/CCCCCC. The number of rotatable bonds is 73. The van der Waals surface area contributed by atoms with Gasteiger partial charge in [-0.05, 0) is 141 Å². The van der Waals surface area contributed by atoms with E-state index in [1.165, 1.54) is 96.3 Å². The molecule has 0 aromatic rings. The number of hydrogen-bond donors (Lipinski definition) is 3. The third-order valence-corrected chi connectivity index (χ3v) is 18.1. The average molecular weight is 1450 g/mol. The van der Waals surface area contributed by atoms with Crippen molar-refractivity contribution in [2.45, 2.75) is 341 Å². The molecule has 0 saturated carbocycles. The molecule has 0 rings (SSSR count). The number of aliphatic hydroxyl groups is 1. The molecule has 0 bridgehead atoms. The molecule has 0 spiro atoms. The average Bonchev–Trinajstić information content (AvgIpc) is 1.06. The van der Waals surface area contributed by atoms with Crippen molar-refractivity contribution in [1.82, 2.24) is 0 Å². The summed E-state index contributed by atoms with van der Waals surface area (Å²) in [6, 6.07) is 0. The fourth-order valence-corrected chi connectivity index (χ4v) is 11.8. The molecule has 0 aliphatic rings. The Morgan fingerprint density at radius 1 is 0.290 bits per heavy atom. The Kier molecular flexibility index (Phi) is 69.9. The first-order chi connectivity index (χ1) is 48.7. The molecule has 0 aromatic carbocycles. The molecule has 0 heterocycles. The number of phosphoric ester groups is 2. The van der Waals surface area contributed by atoms with Crippen LogP contribution in [-0.2, 0) is 65.4 Å². The zero-order valence-corrected chi connectivity index (χ0v) is 64.6. The van der Waals surface area contributed by atoms with Gasteiger partial charge in [-0.15, -0.1) is 0 Å². The highest BCUT2D eigenvalue weighted by Crippen LogP contribution is 2.45. The minimum absolute atomic E-state index is 0.0643. The number of aliphatic hydroxyl groups excluding tert-OH is 1. The van der Waals surface area contributed by atoms with E-state index in [1.807, 2.05) is 12.2 Å². The van der Waals surface area contributed by atoms with E-state index in [0.29, 0.717) is 32.1 Å². The lowest BCUT2D eigenvalue weighted by Gasteiger charge is -2.21. The molecule has 0 aliphatic carbocycles. The smallest absolute Gasteiger partial charge is 0.462 e. The molecular formula is C81H140O17P2. The van der Waals surface area contributed by atoms with E-state index >= 15 is 0 Å². The minimum Gasteiger partial charge on any atom is -0.462 e. The summed E-state index contributed by atoms with van der Waals surface area (Å²) < 4.78 is 68.4. The van der Waals surface area contributed by atoms with Gasteiger partial charge in [0.05, 0.1) is 26.4 Å². The van der Waals surface area contributed by atoms with Crippen LogP contribution in [0.2, 0.25) is 0 Å². The molecule has 0 radical (unpaired) electrons. The zero-order valence-electron chi connectivity index (χ0n) is 62.8. The van der Waals surface area contributed by atoms with Gasteiger partial charge in [-0.2, -0.15) is 0 Å². The van der Waals surface area contributed by atoms with Crippen molar-refractivity contribution in [2.24, 2.45) is 0 Å². The van der Waals surface area contributed by atoms with Crippen molar-refractivity contribution in [3.05, 3.63) is 109 Å². The van der Waals surface area contributed by atoms with Gasteiger partial charge in [0.1, 0.15) is 19.3 Å². The Labute approximate surface area is 607 Å². The van der Waals surface area contributed by atoms with Gasteiger partial charge >= 0.3 is 39.5 Å². The highest BCUT2D eigenvalue weighted by molar-refractivity contribution is 7.47. The first-order valence-corrected chi connectivity index (χ1v) is 42.2. The maximum atomic E-state index is 13.1. The third-order valence-electron chi connectivity index (χ3n) is 16.2. The molecule has 19 heteroatoms. The molecule has 576 valence electrons. The second kappa shape index (κ2) is 73.0. The van der Waals surface area contributed by atoms with Crippen molar-refractivity contribution < 1.29 is 80.2 Å². The number of phosphoric acid groups is 2. The van der Waals surface area contributed by atoms with Crippen molar-refractivity contribution >= 4 is 39.5 Å². The summed E-state index contributed by atoms with van der Waals surface area (Å²) in [5, 5.41) is 10.6. The molecule has 0 saturated heterocycles. The molecule has 3 N–H and O–H groups in total. The number of carbonyl (C=O) groups is 4. The Morgan fingerprint density at radius 2 is 0.530 bits per heavy atom. The third kappa shape index (κ3) is 72.1. The highest BCUT2D eigenvalue weighted by Gasteiger charge is 2.30. The lowest BCUT2D eigenvalue weighted by Crippen LogP contribution is -2.30. The van der Waals surface area contributed by atoms with Crippen LogP contribution < -0.4 is 0 Å². The normalized spacial score (nSPS) is 14.5. The second-order valence-corrected chi connectivity index (χ2v) is 28.9. The number of carbonyl (C=O) groups excluding carboxylic acids is 4. The summed E-state index contributed by atoms with van der Waals surface area (Å²) in [6.07, 6.45) is 77.9. The van der Waals surface area contributed by atoms with Gasteiger partial charge in [-0.3, -0.25) is 37.3 Å². The van der Waals surface area contributed by atoms with E-state index in [2.05, 4.69) is 125 Å². The van der Waals surface area contributed by atoms with Crippen LogP contribution >= 0.6 is 15.6 Å². The topological polar surface area (TPSA) is 237 Å². The molecule has 0 aliphatic heterocycles. The largest absolute Gasteiger partial charge is 0.472 e. The molecule has 0 amide bonds. The maximum Gasteiger partial charge on any atom is 0.472 e. The number of esters is 4. The van der Waals surface area contributed by atoms with Crippen LogP contribution in [0, 0.1) is 0 Å². The standard InChI is InChI=1S/C81H140O17P2/c1-5-9-13-17-21-25-29-33-36-37-40-43-46-50-54-58-62-66-79(84)92-72-77(98-81(86)68-64-60-56-52-48-44-39-35-31-27-23-19-15-11-7-3)74-96-100(89,90)94-70-75(82)69-93-99(87,88)95-73-76(97-80(85)67-63-59-55-51-47-41-32-28-24-20-16-12-8-4)71-91-78(83)65-61-57-53-49-45-42-38-34-30-26-22-18-14-10-6-2/h21,25-28,30-36,38-40,43,50,54,75-77,82H,5-20,22-24,29,37,41-42,44-49,51-53,55-74H2,1-4H3,(H,87,88)(H,89,90)/b25-21-,30-26-,31-27-,32-28-,36-33-,38-34-,39-35-,43-40-,54-50-/t75-,76-,77-/m1/s1. The lowest BCUT2D eigenvalue weighted by atomic mass is 10.1. The predicted molar refractivity (Wildman–Crippen MR) is 408 cm³/mol. The van der Waals surface area contributed by atoms with Crippen LogP contribution in [0.4, 0.5) is 0 Å². The summed E-state index contributed by atoms with van der Waals surface area (Å²) in [5.74, 6) is -2.28. The number of ether oxygens (including phenoxy) is 4. The van der Waals surface area contributed by atoms with Gasteiger partial charge in [-0.25, -0.2) is 9.13 Å². The van der Waals surface area contributed by atoms with Crippen molar-refractivity contribution in [2.75, 3.05) is 39.6 Å². The Balaban J connectivity index is 5.43. The Hall–Kier alpha value is -4.28. The molecule has 17 nitrogen and oxygen atoms in total. The molecule has 2 unspecified atom stereocenters. The minimum atomic E-state index is -4.99. The quantitative estimate of drug-likeness (QED) is 0.0128. The zero-order chi connectivity index (χ0) is 73.2. The van der Waals surface area contributed by atoms with Crippen LogP contribution in [0.15, 0.2) is 109 Å². The van der Waals surface area contributed by atoms with Crippen molar-refractivity contribution in [3.8, 4) is 0 Å². The Bertz CT molecular complexity index is 2320. The molecule has 100 heavy (non-hydrogen) atoms. The van der Waals surface area contributed by atoms with E-state index < -0.39 is 97.5 Å². The number of allylic oxidation sites excluding steroid dienone is 18. The van der Waals surface area contributed by atoms with E-state index in [-0.39, 0.29) is 25.7 Å². The van der Waals surface area contributed by atoms with Gasteiger partial charge in [-0.1, -0.05) is 265 Å². The van der Waals surface area contributed by atoms with E-state index in [1.54, 1.807) is 0 Å². The van der Waals surface area contributed by atoms with Crippen LogP contribution in [0.1, 0.15) is 323 Å². The monoisotopic (exact) mass is 1450 g/mol. The summed E-state index contributed by atoms with van der Waals surface area (Å²) in [6.45, 7) is 4.70. The molecule has 0 fully saturated rings. The first kappa shape index (κ1) is 95.7. The lowest BCUT2D eigenvalue weighted by molar-refractivity contribution is -0.161. The molecule has 5 atom stereocenters. The highest BCUT2D eigenvalue weighted by atomic mass is 31.2. The fraction of sp³-hybridized carbons (Fsp3) is 0.728. The maximum absolute atomic E-state index is 13.1. The van der Waals surface area contributed by atoms with Gasteiger partial charge in [0.15, 0.2) is 12.2 Å². The van der Waals surface area contributed by atoms with E-state index in [0.717, 1.165) is 141 Å². The van der Waals surface area contributed by atoms with Gasteiger partial charge in [0, 0.05) is 25.7 Å². The summed E-state index contributed by atoms with van der Waals surface area (Å²) >= 11 is 0. The number of hydrogen-bond acceptors (Lipinski definition) is 15. The predicted octanol–water partition coefficient (Wildman–Crippen LogP) is 22.6. The molecule has 0 aromatic heterocycles. The van der Waals surface area contributed by atoms with Crippen molar-refractivity contribution in [1.29, 1.82) is 0 Å². The first-order valence-electron chi connectivity index (χ1n) is 39.2. The summed E-state index contributed by atoms with van der Waals surface area (Å²) in [5.41, 5.74) is 0. The van der Waals surface area contributed by atoms with Crippen LogP contribution in [0.3, 0.4) is 0 Å². The molecular weight excluding hydrogens is 1310 g/mol. The van der Waals surface area contributed by atoms with Crippen LogP contribution in [0.25, 0.3) is 0 Å². The van der Waals surface area contributed by atoms with E-state index in [4.69, 9.17) is 37.0 Å². The second-order valence-electron chi connectivity index (χ2n) is 26.0. The van der Waals surface area contributed by atoms with Gasteiger partial charge in [0.25, 0.3) is 0 Å². The van der Waals surface area contributed by atoms with Gasteiger partial charge < -0.3 is 33.8 Å². The van der Waals surface area contributed by atoms with Crippen LogP contribution in [0.5, 0.6) is 0 Å². The van der Waals surface area contributed by atoms with E-state index in [9.17, 15) is 43.2 Å².